The van der Waals surface area contributed by atoms with Crippen LogP contribution in [0.25, 0.3) is 0 Å². The van der Waals surface area contributed by atoms with Crippen LogP contribution in [0.5, 0.6) is 5.19 Å². The second kappa shape index (κ2) is 4.24. The van der Waals surface area contributed by atoms with Crippen molar-refractivity contribution in [3.8, 4) is 5.19 Å². The van der Waals surface area contributed by atoms with Crippen molar-refractivity contribution >= 4 is 22.9 Å². The van der Waals surface area contributed by atoms with Crippen molar-refractivity contribution < 1.29 is 4.74 Å². The summed E-state index contributed by atoms with van der Waals surface area (Å²) >= 11 is 7.02. The predicted molar refractivity (Wildman–Crippen MR) is 52.3 cm³/mol. The first-order valence-corrected chi connectivity index (χ1v) is 5.74. The Kier molecular flexibility index (Phi) is 3.01. The summed E-state index contributed by atoms with van der Waals surface area (Å²) in [5.41, 5.74) is 0. The molecule has 0 amide bonds. The van der Waals surface area contributed by atoms with Gasteiger partial charge in [0.1, 0.15) is 5.01 Å². The highest BCUT2D eigenvalue weighted by atomic mass is 35.5. The monoisotopic (exact) mass is 218 g/mol. The quantitative estimate of drug-likeness (QED) is 0.713. The van der Waals surface area contributed by atoms with Gasteiger partial charge in [-0.05, 0) is 12.3 Å². The van der Waals surface area contributed by atoms with E-state index in [1.165, 1.54) is 24.2 Å². The fraction of sp³-hybridized carbons (Fsp3) is 0.750. The van der Waals surface area contributed by atoms with Gasteiger partial charge < -0.3 is 4.74 Å². The number of ether oxygens (including phenoxy) is 1. The van der Waals surface area contributed by atoms with E-state index in [-0.39, 0.29) is 0 Å². The standard InChI is InChI=1S/C8H11ClN2OS/c9-5-7-10-11-8(13-7)12-4-3-6-1-2-6/h6H,1-5H2. The molecule has 1 aromatic rings. The van der Waals surface area contributed by atoms with Gasteiger partial charge in [0.25, 0.3) is 5.19 Å². The molecule has 0 atom stereocenters. The largest absolute Gasteiger partial charge is 0.469 e. The molecule has 1 saturated carbocycles. The van der Waals surface area contributed by atoms with Crippen molar-refractivity contribution in [1.29, 1.82) is 0 Å². The highest BCUT2D eigenvalue weighted by Gasteiger charge is 2.20. The summed E-state index contributed by atoms with van der Waals surface area (Å²) in [7, 11) is 0. The third-order valence-corrected chi connectivity index (χ3v) is 3.26. The summed E-state index contributed by atoms with van der Waals surface area (Å²) in [6, 6.07) is 0. The molecule has 0 radical (unpaired) electrons. The number of aromatic nitrogens is 2. The van der Waals surface area contributed by atoms with Gasteiger partial charge in [-0.3, -0.25) is 0 Å². The highest BCUT2D eigenvalue weighted by molar-refractivity contribution is 7.13. The molecule has 0 spiro atoms. The minimum absolute atomic E-state index is 0.420. The van der Waals surface area contributed by atoms with Crippen LogP contribution in [0.4, 0.5) is 0 Å². The first kappa shape index (κ1) is 9.21. The smallest absolute Gasteiger partial charge is 0.294 e. The molecule has 1 fully saturated rings. The number of nitrogens with zero attached hydrogens (tertiary/aromatic N) is 2. The normalized spacial score (nSPS) is 16.1. The lowest BCUT2D eigenvalue weighted by atomic mass is 10.3. The van der Waals surface area contributed by atoms with Gasteiger partial charge in [-0.1, -0.05) is 24.2 Å². The van der Waals surface area contributed by atoms with Gasteiger partial charge in [0, 0.05) is 0 Å². The lowest BCUT2D eigenvalue weighted by Crippen LogP contribution is -1.97. The molecule has 3 nitrogen and oxygen atoms in total. The third kappa shape index (κ3) is 2.81. The Morgan fingerprint density at radius 3 is 2.92 bits per heavy atom. The number of halogens is 1. The van der Waals surface area contributed by atoms with Gasteiger partial charge in [0.15, 0.2) is 0 Å². The van der Waals surface area contributed by atoms with Crippen LogP contribution in [0.15, 0.2) is 0 Å². The van der Waals surface area contributed by atoms with Crippen molar-refractivity contribution in [2.45, 2.75) is 25.1 Å². The molecule has 0 aromatic carbocycles. The molecule has 1 aromatic heterocycles. The van der Waals surface area contributed by atoms with Gasteiger partial charge in [-0.25, -0.2) is 0 Å². The van der Waals surface area contributed by atoms with Crippen LogP contribution in [-0.4, -0.2) is 16.8 Å². The van der Waals surface area contributed by atoms with Crippen LogP contribution < -0.4 is 4.74 Å². The summed E-state index contributed by atoms with van der Waals surface area (Å²) in [6.45, 7) is 0.765. The fourth-order valence-corrected chi connectivity index (χ4v) is 1.85. The molecule has 13 heavy (non-hydrogen) atoms. The average Bonchev–Trinajstić information content (AvgIpc) is 2.84. The van der Waals surface area contributed by atoms with E-state index in [0.29, 0.717) is 11.1 Å². The second-order valence-electron chi connectivity index (χ2n) is 3.18. The first-order valence-electron chi connectivity index (χ1n) is 4.39. The molecule has 1 heterocycles. The molecule has 72 valence electrons. The van der Waals surface area contributed by atoms with Crippen LogP contribution in [0.2, 0.25) is 0 Å². The van der Waals surface area contributed by atoms with Crippen LogP contribution >= 0.6 is 22.9 Å². The lowest BCUT2D eigenvalue weighted by Gasteiger charge is -1.98. The van der Waals surface area contributed by atoms with Gasteiger partial charge in [0.05, 0.1) is 12.5 Å². The predicted octanol–water partition coefficient (Wildman–Crippen LogP) is 2.46. The van der Waals surface area contributed by atoms with E-state index < -0.39 is 0 Å². The Morgan fingerprint density at radius 1 is 1.46 bits per heavy atom. The van der Waals surface area contributed by atoms with Gasteiger partial charge in [0.2, 0.25) is 0 Å². The Bertz CT molecular complexity index is 275. The highest BCUT2D eigenvalue weighted by Crippen LogP contribution is 2.32. The minimum atomic E-state index is 0.420. The SMILES string of the molecule is ClCc1nnc(OCCC2CC2)s1. The summed E-state index contributed by atoms with van der Waals surface area (Å²) in [5, 5.41) is 9.20. The van der Waals surface area contributed by atoms with Crippen LogP contribution in [0.1, 0.15) is 24.3 Å². The molecule has 2 rings (SSSR count). The number of rotatable bonds is 5. The summed E-state index contributed by atoms with van der Waals surface area (Å²) in [4.78, 5) is 0. The molecular weight excluding hydrogens is 208 g/mol. The molecule has 0 aliphatic heterocycles. The van der Waals surface area contributed by atoms with E-state index in [9.17, 15) is 0 Å². The van der Waals surface area contributed by atoms with Crippen molar-refractivity contribution in [3.05, 3.63) is 5.01 Å². The molecule has 1 aliphatic rings. The Hall–Kier alpha value is -0.350. The summed E-state index contributed by atoms with van der Waals surface area (Å²) in [5.74, 6) is 1.32. The Labute approximate surface area is 86.1 Å². The van der Waals surface area contributed by atoms with Gasteiger partial charge in [-0.2, -0.15) is 0 Å². The van der Waals surface area contributed by atoms with Crippen molar-refractivity contribution in [2.75, 3.05) is 6.61 Å². The maximum absolute atomic E-state index is 5.59. The maximum Gasteiger partial charge on any atom is 0.294 e. The maximum atomic E-state index is 5.59. The topological polar surface area (TPSA) is 35.0 Å². The van der Waals surface area contributed by atoms with Crippen molar-refractivity contribution in [1.82, 2.24) is 10.2 Å². The van der Waals surface area contributed by atoms with E-state index in [4.69, 9.17) is 16.3 Å². The molecular formula is C8H11ClN2OS. The number of alkyl halides is 1. The molecule has 1 aliphatic carbocycles. The Balaban J connectivity index is 1.72. The molecule has 0 unspecified atom stereocenters. The van der Waals surface area contributed by atoms with E-state index >= 15 is 0 Å². The number of hydrogen-bond donors (Lipinski definition) is 0. The van der Waals surface area contributed by atoms with Crippen molar-refractivity contribution in [3.63, 3.8) is 0 Å². The van der Waals surface area contributed by atoms with E-state index in [1.54, 1.807) is 0 Å². The fourth-order valence-electron chi connectivity index (χ4n) is 1.07. The van der Waals surface area contributed by atoms with Crippen LogP contribution in [0, 0.1) is 5.92 Å². The zero-order valence-corrected chi connectivity index (χ0v) is 8.77. The third-order valence-electron chi connectivity index (χ3n) is 2.01. The second-order valence-corrected chi connectivity index (χ2v) is 4.47. The van der Waals surface area contributed by atoms with Crippen molar-refractivity contribution in [2.24, 2.45) is 5.92 Å². The average molecular weight is 219 g/mol. The van der Waals surface area contributed by atoms with Crippen LogP contribution in [-0.2, 0) is 5.88 Å². The van der Waals surface area contributed by atoms with E-state index in [2.05, 4.69) is 10.2 Å². The molecule has 0 bridgehead atoms. The zero-order valence-electron chi connectivity index (χ0n) is 7.20. The van der Waals surface area contributed by atoms with E-state index in [0.717, 1.165) is 24.0 Å². The van der Waals surface area contributed by atoms with E-state index in [1.807, 2.05) is 0 Å². The van der Waals surface area contributed by atoms with Gasteiger partial charge in [-0.15, -0.1) is 21.8 Å². The molecule has 5 heteroatoms. The Morgan fingerprint density at radius 2 is 2.31 bits per heavy atom. The molecule has 0 N–H and O–H groups in total. The lowest BCUT2D eigenvalue weighted by molar-refractivity contribution is 0.298. The van der Waals surface area contributed by atoms with Gasteiger partial charge >= 0.3 is 0 Å². The van der Waals surface area contributed by atoms with Crippen LogP contribution in [0.3, 0.4) is 0 Å². The minimum Gasteiger partial charge on any atom is -0.469 e. The summed E-state index contributed by atoms with van der Waals surface area (Å²) in [6.07, 6.45) is 3.88. The summed E-state index contributed by atoms with van der Waals surface area (Å²) < 4.78 is 5.43. The first-order chi connectivity index (χ1) is 6.38. The zero-order chi connectivity index (χ0) is 9.10. The number of hydrogen-bond acceptors (Lipinski definition) is 4. The molecule has 0 saturated heterocycles.